The van der Waals surface area contributed by atoms with Crippen molar-refractivity contribution < 1.29 is 9.32 Å². The Kier molecular flexibility index (Phi) is 6.48. The first-order valence-electron chi connectivity index (χ1n) is 10.2. The normalized spacial score (nSPS) is 10.9. The van der Waals surface area contributed by atoms with Crippen molar-refractivity contribution in [2.45, 2.75) is 32.9 Å². The molecule has 4 aromatic rings. The van der Waals surface area contributed by atoms with Gasteiger partial charge in [0.05, 0.1) is 11.6 Å². The number of imidazole rings is 1. The summed E-state index contributed by atoms with van der Waals surface area (Å²) in [4.78, 5) is 17.3. The summed E-state index contributed by atoms with van der Waals surface area (Å²) < 4.78 is 7.36. The molecule has 1 amide bonds. The predicted molar refractivity (Wildman–Crippen MR) is 120 cm³/mol. The molecule has 7 heteroatoms. The van der Waals surface area contributed by atoms with Gasteiger partial charge in [0.15, 0.2) is 0 Å². The van der Waals surface area contributed by atoms with Crippen LogP contribution in [0.25, 0.3) is 11.3 Å². The van der Waals surface area contributed by atoms with E-state index in [9.17, 15) is 4.79 Å². The zero-order chi connectivity index (χ0) is 21.6. The molecule has 158 valence electrons. The number of aromatic nitrogens is 3. The Morgan fingerprint density at radius 1 is 1.13 bits per heavy atom. The van der Waals surface area contributed by atoms with Crippen LogP contribution in [-0.2, 0) is 19.5 Å². The fourth-order valence-corrected chi connectivity index (χ4v) is 3.76. The molecular formula is C24H23ClN4O2. The van der Waals surface area contributed by atoms with Crippen LogP contribution in [-0.4, -0.2) is 20.6 Å². The molecule has 0 saturated heterocycles. The van der Waals surface area contributed by atoms with Gasteiger partial charge in [-0.2, -0.15) is 0 Å². The van der Waals surface area contributed by atoms with Gasteiger partial charge in [0.1, 0.15) is 22.8 Å². The third-order valence-electron chi connectivity index (χ3n) is 5.13. The number of carbonyl (C=O) groups is 1. The zero-order valence-electron chi connectivity index (χ0n) is 17.2. The molecule has 2 aromatic carbocycles. The highest BCUT2D eigenvalue weighted by Crippen LogP contribution is 2.30. The van der Waals surface area contributed by atoms with E-state index in [0.29, 0.717) is 34.1 Å². The number of hydrogen-bond donors (Lipinski definition) is 1. The molecular weight excluding hydrogens is 412 g/mol. The van der Waals surface area contributed by atoms with Gasteiger partial charge in [-0.05, 0) is 31.4 Å². The Hall–Kier alpha value is -3.38. The van der Waals surface area contributed by atoms with Crippen LogP contribution in [0.1, 0.15) is 33.9 Å². The summed E-state index contributed by atoms with van der Waals surface area (Å²) in [5, 5.41) is 7.51. The Bertz CT molecular complexity index is 1170. The molecule has 0 aliphatic rings. The first-order valence-corrected chi connectivity index (χ1v) is 10.5. The van der Waals surface area contributed by atoms with Crippen molar-refractivity contribution in [3.8, 4) is 11.3 Å². The summed E-state index contributed by atoms with van der Waals surface area (Å²) in [5.74, 6) is 0.973. The smallest absolute Gasteiger partial charge is 0.257 e. The van der Waals surface area contributed by atoms with Gasteiger partial charge in [-0.25, -0.2) is 4.98 Å². The van der Waals surface area contributed by atoms with E-state index in [4.69, 9.17) is 16.1 Å². The van der Waals surface area contributed by atoms with E-state index in [2.05, 4.69) is 44.3 Å². The van der Waals surface area contributed by atoms with Gasteiger partial charge < -0.3 is 14.4 Å². The Morgan fingerprint density at radius 3 is 2.71 bits per heavy atom. The first kappa shape index (κ1) is 20.9. The molecule has 2 heterocycles. The lowest BCUT2D eigenvalue weighted by molar-refractivity contribution is 0.0948. The van der Waals surface area contributed by atoms with Crippen LogP contribution in [0, 0.1) is 6.92 Å². The van der Waals surface area contributed by atoms with E-state index in [-0.39, 0.29) is 5.91 Å². The van der Waals surface area contributed by atoms with E-state index in [1.807, 2.05) is 30.5 Å². The molecule has 0 aliphatic carbocycles. The second-order valence-electron chi connectivity index (χ2n) is 7.25. The topological polar surface area (TPSA) is 73.0 Å². The Balaban J connectivity index is 1.41. The lowest BCUT2D eigenvalue weighted by atomic mass is 10.1. The summed E-state index contributed by atoms with van der Waals surface area (Å²) in [7, 11) is 0. The molecule has 0 saturated carbocycles. The molecule has 0 atom stereocenters. The van der Waals surface area contributed by atoms with Crippen LogP contribution in [0.4, 0.5) is 0 Å². The van der Waals surface area contributed by atoms with Gasteiger partial charge >= 0.3 is 0 Å². The van der Waals surface area contributed by atoms with Crippen LogP contribution >= 0.6 is 11.6 Å². The Labute approximate surface area is 185 Å². The Morgan fingerprint density at radius 2 is 1.90 bits per heavy atom. The van der Waals surface area contributed by atoms with Crippen LogP contribution < -0.4 is 5.32 Å². The van der Waals surface area contributed by atoms with Gasteiger partial charge in [-0.3, -0.25) is 4.79 Å². The summed E-state index contributed by atoms with van der Waals surface area (Å²) in [6.45, 7) is 2.85. The predicted octanol–water partition coefficient (Wildman–Crippen LogP) is 5.06. The van der Waals surface area contributed by atoms with Crippen molar-refractivity contribution in [2.24, 2.45) is 0 Å². The minimum atomic E-state index is -0.271. The highest BCUT2D eigenvalue weighted by Gasteiger charge is 2.23. The number of nitrogens with zero attached hydrogens (tertiary/aromatic N) is 3. The van der Waals surface area contributed by atoms with Crippen LogP contribution in [0.5, 0.6) is 0 Å². The average molecular weight is 435 g/mol. The maximum absolute atomic E-state index is 12.9. The molecule has 4 rings (SSSR count). The molecule has 1 N–H and O–H groups in total. The van der Waals surface area contributed by atoms with Crippen molar-refractivity contribution in [1.29, 1.82) is 0 Å². The number of hydrogen-bond acceptors (Lipinski definition) is 4. The molecule has 0 radical (unpaired) electrons. The monoisotopic (exact) mass is 434 g/mol. The third-order valence-corrected chi connectivity index (χ3v) is 5.46. The number of rotatable bonds is 8. The van der Waals surface area contributed by atoms with Crippen molar-refractivity contribution >= 4 is 17.5 Å². The molecule has 31 heavy (non-hydrogen) atoms. The number of amides is 1. The quantitative estimate of drug-likeness (QED) is 0.420. The van der Waals surface area contributed by atoms with Gasteiger partial charge in [-0.15, -0.1) is 0 Å². The summed E-state index contributed by atoms with van der Waals surface area (Å²) >= 11 is 6.29. The summed E-state index contributed by atoms with van der Waals surface area (Å²) in [5.41, 5.74) is 2.79. The lowest BCUT2D eigenvalue weighted by Crippen LogP contribution is -2.25. The van der Waals surface area contributed by atoms with Crippen LogP contribution in [0.3, 0.4) is 0 Å². The van der Waals surface area contributed by atoms with Crippen LogP contribution in [0.15, 0.2) is 71.5 Å². The minimum absolute atomic E-state index is 0.271. The van der Waals surface area contributed by atoms with E-state index < -0.39 is 0 Å². The summed E-state index contributed by atoms with van der Waals surface area (Å²) in [6.07, 6.45) is 5.67. The van der Waals surface area contributed by atoms with E-state index >= 15 is 0 Å². The molecule has 0 bridgehead atoms. The molecule has 0 unspecified atom stereocenters. The van der Waals surface area contributed by atoms with Crippen molar-refractivity contribution in [2.75, 3.05) is 0 Å². The minimum Gasteiger partial charge on any atom is -0.360 e. The largest absolute Gasteiger partial charge is 0.360 e. The standard InChI is InChI=1S/C24H23ClN4O2/c1-17-22(23(28-31-17)19-11-5-6-12-20(19)25)24(30)27-16-21-26-13-15-29(21)14-7-10-18-8-3-2-4-9-18/h2-6,8-9,11-13,15H,7,10,14,16H2,1H3,(H,27,30). The van der Waals surface area contributed by atoms with Gasteiger partial charge in [0.25, 0.3) is 5.91 Å². The fourth-order valence-electron chi connectivity index (χ4n) is 3.53. The third kappa shape index (κ3) is 4.86. The second kappa shape index (κ2) is 9.62. The number of carbonyl (C=O) groups excluding carboxylic acids is 1. The van der Waals surface area contributed by atoms with Crippen molar-refractivity contribution in [1.82, 2.24) is 20.0 Å². The summed E-state index contributed by atoms with van der Waals surface area (Å²) in [6, 6.07) is 17.6. The molecule has 6 nitrogen and oxygen atoms in total. The zero-order valence-corrected chi connectivity index (χ0v) is 18.0. The number of aryl methyl sites for hydroxylation is 3. The highest BCUT2D eigenvalue weighted by molar-refractivity contribution is 6.33. The number of nitrogens with one attached hydrogen (secondary N) is 1. The van der Waals surface area contributed by atoms with E-state index in [1.165, 1.54) is 5.56 Å². The average Bonchev–Trinajstić information content (AvgIpc) is 3.39. The van der Waals surface area contributed by atoms with Gasteiger partial charge in [0.2, 0.25) is 0 Å². The molecule has 0 aliphatic heterocycles. The lowest BCUT2D eigenvalue weighted by Gasteiger charge is -2.10. The number of benzene rings is 2. The fraction of sp³-hybridized carbons (Fsp3) is 0.208. The van der Waals surface area contributed by atoms with E-state index in [0.717, 1.165) is 25.2 Å². The number of halogens is 1. The van der Waals surface area contributed by atoms with Crippen molar-refractivity contribution in [3.05, 3.63) is 94.7 Å². The molecule has 0 spiro atoms. The maximum Gasteiger partial charge on any atom is 0.257 e. The second-order valence-corrected chi connectivity index (χ2v) is 7.66. The SMILES string of the molecule is Cc1onc(-c2ccccc2Cl)c1C(=O)NCc1nccn1CCCc1ccccc1. The van der Waals surface area contributed by atoms with E-state index in [1.54, 1.807) is 19.2 Å². The van der Waals surface area contributed by atoms with Crippen molar-refractivity contribution in [3.63, 3.8) is 0 Å². The first-order chi connectivity index (χ1) is 15.1. The van der Waals surface area contributed by atoms with Gasteiger partial charge in [-0.1, -0.05) is 65.3 Å². The molecule has 2 aromatic heterocycles. The maximum atomic E-state index is 12.9. The highest BCUT2D eigenvalue weighted by atomic mass is 35.5. The molecule has 0 fully saturated rings. The van der Waals surface area contributed by atoms with Crippen LogP contribution in [0.2, 0.25) is 5.02 Å². The van der Waals surface area contributed by atoms with Gasteiger partial charge in [0, 0.05) is 24.5 Å².